The average Bonchev–Trinajstić information content (AvgIpc) is 1.93. The van der Waals surface area contributed by atoms with Gasteiger partial charge in [-0.2, -0.15) is 10.1 Å². The molecule has 0 aromatic heterocycles. The van der Waals surface area contributed by atoms with Crippen molar-refractivity contribution >= 4 is 11.7 Å². The summed E-state index contributed by atoms with van der Waals surface area (Å²) in [4.78, 5) is 10.6. The Labute approximate surface area is 65.2 Å². The normalized spacial score (nSPS) is 9.64. The molecule has 0 fully saturated rings. The highest BCUT2D eigenvalue weighted by Crippen LogP contribution is 2.05. The van der Waals surface area contributed by atoms with Gasteiger partial charge in [0.05, 0.1) is 0 Å². The summed E-state index contributed by atoms with van der Waals surface area (Å²) in [5, 5.41) is 1.54. The maximum absolute atomic E-state index is 10.6. The monoisotopic (exact) mass is 152 g/mol. The lowest BCUT2D eigenvalue weighted by atomic mass is 10.2. The lowest BCUT2D eigenvalue weighted by molar-refractivity contribution is -0.547. The van der Waals surface area contributed by atoms with Crippen molar-refractivity contribution in [2.45, 2.75) is 6.92 Å². The number of nitrogens with two attached hydrogens (primary N) is 1. The molecule has 0 bridgehead atoms. The lowest BCUT2D eigenvalue weighted by Crippen LogP contribution is -2.95. The van der Waals surface area contributed by atoms with Crippen molar-refractivity contribution in [3.8, 4) is 0 Å². The van der Waals surface area contributed by atoms with Crippen LogP contribution in [0.5, 0.6) is 0 Å². The number of hydrogen-bond acceptors (Lipinski definition) is 1. The molecule has 3 nitrogen and oxygen atoms in total. The van der Waals surface area contributed by atoms with Crippen molar-refractivity contribution in [3.63, 3.8) is 0 Å². The van der Waals surface area contributed by atoms with E-state index in [1.165, 1.54) is 5.32 Å². The molecule has 5 N–H and O–H groups in total. The Hall–Kier alpha value is -1.19. The van der Waals surface area contributed by atoms with E-state index < -0.39 is 0 Å². The van der Waals surface area contributed by atoms with Crippen LogP contribution in [0.15, 0.2) is 24.3 Å². The summed E-state index contributed by atoms with van der Waals surface area (Å²) in [6.45, 7) is 1.97. The van der Waals surface area contributed by atoms with Gasteiger partial charge >= 0.3 is 6.03 Å². The standard InChI is InChI=1S/C8H10N2O/c1-6-4-2-3-5-7(6)10-8(9)11/h2-5H,1H3,(H3,9,10,11)/p+2. The van der Waals surface area contributed by atoms with E-state index in [4.69, 9.17) is 0 Å². The van der Waals surface area contributed by atoms with Crippen LogP contribution in [0.1, 0.15) is 5.56 Å². The summed E-state index contributed by atoms with van der Waals surface area (Å²) in [5.74, 6) is 0. The van der Waals surface area contributed by atoms with Crippen LogP contribution in [0.3, 0.4) is 0 Å². The molecule has 0 atom stereocenters. The number of urea groups is 1. The molecule has 0 saturated carbocycles. The molecule has 0 aliphatic rings. The van der Waals surface area contributed by atoms with E-state index in [1.807, 2.05) is 31.2 Å². The Kier molecular flexibility index (Phi) is 2.36. The first-order valence-corrected chi connectivity index (χ1v) is 3.46. The Morgan fingerprint density at radius 2 is 2.09 bits per heavy atom. The fourth-order valence-corrected chi connectivity index (χ4v) is 0.922. The molecule has 0 radical (unpaired) electrons. The van der Waals surface area contributed by atoms with Gasteiger partial charge in [0.1, 0.15) is 5.69 Å². The first-order valence-electron chi connectivity index (χ1n) is 3.46. The van der Waals surface area contributed by atoms with E-state index in [0.717, 1.165) is 11.3 Å². The van der Waals surface area contributed by atoms with Gasteiger partial charge in [0, 0.05) is 5.56 Å². The number of aryl methyl sites for hydroxylation is 1. The average molecular weight is 152 g/mol. The molecule has 2 amide bonds. The van der Waals surface area contributed by atoms with Crippen LogP contribution in [-0.2, 0) is 0 Å². The van der Waals surface area contributed by atoms with E-state index in [2.05, 4.69) is 5.73 Å². The summed E-state index contributed by atoms with van der Waals surface area (Å²) in [7, 11) is 0. The molecule has 0 saturated heterocycles. The van der Waals surface area contributed by atoms with E-state index in [9.17, 15) is 4.79 Å². The SMILES string of the molecule is Cc1ccccc1[NH2+]C([NH3+])=O. The maximum Gasteiger partial charge on any atom is 0.511 e. The predicted molar refractivity (Wildman–Crippen MR) is 41.0 cm³/mol. The van der Waals surface area contributed by atoms with E-state index in [1.54, 1.807) is 0 Å². The molecule has 1 aromatic rings. The summed E-state index contributed by atoms with van der Waals surface area (Å²) in [5.41, 5.74) is 5.33. The molecule has 1 aromatic carbocycles. The number of carbonyl (C=O) groups excluding carboxylic acids is 1. The first-order chi connectivity index (χ1) is 5.20. The minimum atomic E-state index is -0.153. The molecule has 0 spiro atoms. The second-order valence-electron chi connectivity index (χ2n) is 2.47. The van der Waals surface area contributed by atoms with Crippen LogP contribution in [0, 0.1) is 6.92 Å². The summed E-state index contributed by atoms with van der Waals surface area (Å²) >= 11 is 0. The summed E-state index contributed by atoms with van der Waals surface area (Å²) < 4.78 is 0. The van der Waals surface area contributed by atoms with Crippen molar-refractivity contribution in [2.75, 3.05) is 0 Å². The van der Waals surface area contributed by atoms with Crippen molar-refractivity contribution in [1.82, 2.24) is 0 Å². The molecular weight excluding hydrogens is 140 g/mol. The van der Waals surface area contributed by atoms with Gasteiger partial charge in [0.25, 0.3) is 0 Å². The fraction of sp³-hybridized carbons (Fsp3) is 0.125. The molecule has 1 rings (SSSR count). The van der Waals surface area contributed by atoms with Gasteiger partial charge in [-0.3, -0.25) is 0 Å². The molecule has 3 heteroatoms. The molecule has 11 heavy (non-hydrogen) atoms. The fourth-order valence-electron chi connectivity index (χ4n) is 0.922. The van der Waals surface area contributed by atoms with Crippen molar-refractivity contribution in [2.24, 2.45) is 0 Å². The van der Waals surface area contributed by atoms with Gasteiger partial charge < -0.3 is 0 Å². The Balaban J connectivity index is 2.86. The molecule has 58 valence electrons. The number of para-hydroxylation sites is 1. The number of primary amides is 1. The largest absolute Gasteiger partial charge is 0.511 e. The number of carbonyl (C=O) groups is 1. The van der Waals surface area contributed by atoms with Gasteiger partial charge in [0.2, 0.25) is 0 Å². The van der Waals surface area contributed by atoms with Crippen LogP contribution >= 0.6 is 0 Å². The second kappa shape index (κ2) is 3.27. The third-order valence-electron chi connectivity index (χ3n) is 1.50. The summed E-state index contributed by atoms with van der Waals surface area (Å²) in [6, 6.07) is 7.56. The van der Waals surface area contributed by atoms with Gasteiger partial charge in [-0.1, -0.05) is 18.2 Å². The number of amides is 2. The Bertz CT molecular complexity index is 271. The van der Waals surface area contributed by atoms with Crippen molar-refractivity contribution < 1.29 is 15.8 Å². The van der Waals surface area contributed by atoms with Crippen LogP contribution in [0.25, 0.3) is 0 Å². The minimum absolute atomic E-state index is 0.153. The van der Waals surface area contributed by atoms with Gasteiger partial charge in [0.15, 0.2) is 0 Å². The van der Waals surface area contributed by atoms with Crippen molar-refractivity contribution in [3.05, 3.63) is 29.8 Å². The Morgan fingerprint density at radius 3 is 2.64 bits per heavy atom. The van der Waals surface area contributed by atoms with E-state index in [-0.39, 0.29) is 6.03 Å². The van der Waals surface area contributed by atoms with Crippen LogP contribution < -0.4 is 11.1 Å². The number of rotatable bonds is 1. The number of benzene rings is 1. The number of quaternary nitrogens is 2. The highest BCUT2D eigenvalue weighted by Gasteiger charge is 2.06. The third-order valence-corrected chi connectivity index (χ3v) is 1.50. The van der Waals surface area contributed by atoms with Crippen LogP contribution in [0.2, 0.25) is 0 Å². The molecular formula is C8H12N2O+2. The van der Waals surface area contributed by atoms with Gasteiger partial charge in [-0.25, -0.2) is 5.73 Å². The number of hydrogen-bond donors (Lipinski definition) is 2. The predicted octanol–water partition coefficient (Wildman–Crippen LogP) is -0.448. The van der Waals surface area contributed by atoms with Crippen molar-refractivity contribution in [1.29, 1.82) is 0 Å². The third kappa shape index (κ3) is 2.14. The lowest BCUT2D eigenvalue weighted by Gasteiger charge is -1.95. The topological polar surface area (TPSA) is 61.3 Å². The van der Waals surface area contributed by atoms with Crippen LogP contribution in [-0.4, -0.2) is 6.03 Å². The minimum Gasteiger partial charge on any atom is -0.240 e. The maximum atomic E-state index is 10.6. The van der Waals surface area contributed by atoms with Gasteiger partial charge in [-0.15, -0.1) is 0 Å². The highest BCUT2D eigenvalue weighted by atomic mass is 16.2. The van der Waals surface area contributed by atoms with E-state index in [0.29, 0.717) is 0 Å². The Morgan fingerprint density at radius 1 is 1.45 bits per heavy atom. The smallest absolute Gasteiger partial charge is 0.240 e. The second-order valence-corrected chi connectivity index (χ2v) is 2.47. The zero-order valence-electron chi connectivity index (χ0n) is 6.50. The summed E-state index contributed by atoms with van der Waals surface area (Å²) in [6.07, 6.45) is 0. The highest BCUT2D eigenvalue weighted by molar-refractivity contribution is 5.55. The molecule has 0 heterocycles. The quantitative estimate of drug-likeness (QED) is 0.526. The molecule has 0 aliphatic heterocycles. The van der Waals surface area contributed by atoms with E-state index >= 15 is 0 Å². The van der Waals surface area contributed by atoms with Gasteiger partial charge in [-0.05, 0) is 13.0 Å². The van der Waals surface area contributed by atoms with Crippen LogP contribution in [0.4, 0.5) is 10.5 Å². The first kappa shape index (κ1) is 7.91. The molecule has 0 aliphatic carbocycles. The molecule has 0 unspecified atom stereocenters. The zero-order chi connectivity index (χ0) is 8.27. The zero-order valence-corrected chi connectivity index (χ0v) is 6.50.